The molecule has 0 saturated heterocycles. The van der Waals surface area contributed by atoms with Crippen LogP contribution in [0.5, 0.6) is 5.75 Å². The fourth-order valence-electron chi connectivity index (χ4n) is 1.68. The highest BCUT2D eigenvalue weighted by atomic mass is 16.5. The van der Waals surface area contributed by atoms with E-state index < -0.39 is 0 Å². The average molecular weight is 262 g/mol. The van der Waals surface area contributed by atoms with Crippen LogP contribution >= 0.6 is 0 Å². The normalized spacial score (nSPS) is 13.2. The van der Waals surface area contributed by atoms with Gasteiger partial charge in [0.05, 0.1) is 7.11 Å². The number of hydrogen-bond donors (Lipinski definition) is 1. The first-order valence-corrected chi connectivity index (χ1v) is 6.02. The van der Waals surface area contributed by atoms with Gasteiger partial charge >= 0.3 is 5.97 Å². The molecule has 1 aromatic rings. The quantitative estimate of drug-likeness (QED) is 0.791. The van der Waals surface area contributed by atoms with Crippen molar-refractivity contribution in [2.24, 2.45) is 0 Å². The number of methoxy groups -OCH3 is 1. The van der Waals surface area contributed by atoms with Gasteiger partial charge < -0.3 is 9.47 Å². The lowest BCUT2D eigenvalue weighted by Crippen LogP contribution is -2.36. The Hall–Kier alpha value is -2.06. The zero-order valence-corrected chi connectivity index (χ0v) is 11.3. The Morgan fingerprint density at radius 2 is 2.00 bits per heavy atom. The Morgan fingerprint density at radius 1 is 1.37 bits per heavy atom. The van der Waals surface area contributed by atoms with Crippen LogP contribution in [0.3, 0.4) is 0 Å². The number of carbonyl (C=O) groups excluding carboxylic acids is 1. The highest BCUT2D eigenvalue weighted by molar-refractivity contribution is 5.75. The van der Waals surface area contributed by atoms with Gasteiger partial charge in [0.15, 0.2) is 6.61 Å². The summed E-state index contributed by atoms with van der Waals surface area (Å²) in [5.41, 5.74) is 1.03. The Kier molecular flexibility index (Phi) is 5.83. The van der Waals surface area contributed by atoms with E-state index in [1.807, 2.05) is 25.1 Å². The molecule has 5 nitrogen and oxygen atoms in total. The van der Waals surface area contributed by atoms with E-state index in [1.54, 1.807) is 19.1 Å². The molecule has 1 N–H and O–H groups in total. The van der Waals surface area contributed by atoms with Gasteiger partial charge in [0, 0.05) is 6.04 Å². The van der Waals surface area contributed by atoms with Gasteiger partial charge in [-0.3, -0.25) is 10.1 Å². The molecule has 5 heteroatoms. The highest BCUT2D eigenvalue weighted by Crippen LogP contribution is 2.18. The van der Waals surface area contributed by atoms with Crippen molar-refractivity contribution in [2.75, 3.05) is 13.7 Å². The third kappa shape index (κ3) is 4.60. The van der Waals surface area contributed by atoms with Crippen molar-refractivity contribution >= 4 is 5.97 Å². The molecule has 2 atom stereocenters. The monoisotopic (exact) mass is 262 g/mol. The molecular weight excluding hydrogens is 244 g/mol. The van der Waals surface area contributed by atoms with Crippen molar-refractivity contribution < 1.29 is 14.3 Å². The van der Waals surface area contributed by atoms with Crippen LogP contribution in [0, 0.1) is 11.3 Å². The average Bonchev–Trinajstić information content (AvgIpc) is 2.44. The SMILES string of the molecule is COC(=O)[C@H](C)NC(C)c1ccc(OCC#N)cc1. The summed E-state index contributed by atoms with van der Waals surface area (Å²) in [4.78, 5) is 11.3. The molecule has 0 aliphatic rings. The first-order chi connectivity index (χ1) is 9.08. The van der Waals surface area contributed by atoms with Crippen LogP contribution in [-0.4, -0.2) is 25.7 Å². The van der Waals surface area contributed by atoms with Crippen LogP contribution in [0.2, 0.25) is 0 Å². The Balaban J connectivity index is 2.60. The summed E-state index contributed by atoms with van der Waals surface area (Å²) in [5, 5.41) is 11.6. The van der Waals surface area contributed by atoms with Gasteiger partial charge in [0.2, 0.25) is 0 Å². The van der Waals surface area contributed by atoms with E-state index in [2.05, 4.69) is 10.1 Å². The molecule has 1 unspecified atom stereocenters. The second kappa shape index (κ2) is 7.39. The third-order valence-corrected chi connectivity index (χ3v) is 2.74. The van der Waals surface area contributed by atoms with Gasteiger partial charge in [-0.05, 0) is 31.5 Å². The minimum Gasteiger partial charge on any atom is -0.479 e. The lowest BCUT2D eigenvalue weighted by Gasteiger charge is -2.18. The lowest BCUT2D eigenvalue weighted by molar-refractivity contribution is -0.142. The van der Waals surface area contributed by atoms with E-state index in [9.17, 15) is 4.79 Å². The summed E-state index contributed by atoms with van der Waals surface area (Å²) >= 11 is 0. The minimum atomic E-state index is -0.366. The van der Waals surface area contributed by atoms with Gasteiger partial charge in [0.1, 0.15) is 17.9 Å². The Morgan fingerprint density at radius 3 is 2.53 bits per heavy atom. The standard InChI is InChI=1S/C14H18N2O3/c1-10(16-11(2)14(17)18-3)12-4-6-13(7-5-12)19-9-8-15/h4-7,10-11,16H,9H2,1-3H3/t10?,11-/m0/s1. The van der Waals surface area contributed by atoms with Gasteiger partial charge in [-0.1, -0.05) is 12.1 Å². The number of rotatable bonds is 6. The fourth-order valence-corrected chi connectivity index (χ4v) is 1.68. The van der Waals surface area contributed by atoms with E-state index in [1.165, 1.54) is 7.11 Å². The van der Waals surface area contributed by atoms with E-state index in [-0.39, 0.29) is 24.7 Å². The Bertz CT molecular complexity index is 451. The van der Waals surface area contributed by atoms with E-state index in [0.717, 1.165) is 5.56 Å². The van der Waals surface area contributed by atoms with Crippen LogP contribution in [-0.2, 0) is 9.53 Å². The molecule has 0 fully saturated rings. The van der Waals surface area contributed by atoms with Gasteiger partial charge in [-0.2, -0.15) is 5.26 Å². The maximum Gasteiger partial charge on any atom is 0.322 e. The number of nitrogens with one attached hydrogen (secondary N) is 1. The topological polar surface area (TPSA) is 71.3 Å². The number of benzene rings is 1. The van der Waals surface area contributed by atoms with Crippen molar-refractivity contribution in [1.82, 2.24) is 5.32 Å². The second-order valence-corrected chi connectivity index (χ2v) is 4.15. The summed E-state index contributed by atoms with van der Waals surface area (Å²) in [5.74, 6) is 0.361. The van der Waals surface area contributed by atoms with Crippen LogP contribution in [0.4, 0.5) is 0 Å². The van der Waals surface area contributed by atoms with Crippen molar-refractivity contribution in [2.45, 2.75) is 25.9 Å². The molecule has 0 saturated carbocycles. The van der Waals surface area contributed by atoms with Crippen LogP contribution < -0.4 is 10.1 Å². The molecule has 0 amide bonds. The molecule has 0 bridgehead atoms. The molecule has 0 spiro atoms. The van der Waals surface area contributed by atoms with Crippen molar-refractivity contribution in [3.05, 3.63) is 29.8 Å². The van der Waals surface area contributed by atoms with E-state index in [0.29, 0.717) is 5.75 Å². The fraction of sp³-hybridized carbons (Fsp3) is 0.429. The predicted molar refractivity (Wildman–Crippen MR) is 70.6 cm³/mol. The number of ether oxygens (including phenoxy) is 2. The minimum absolute atomic E-state index is 0.0131. The summed E-state index contributed by atoms with van der Waals surface area (Å²) in [7, 11) is 1.37. The molecule has 0 aliphatic carbocycles. The largest absolute Gasteiger partial charge is 0.479 e. The lowest BCUT2D eigenvalue weighted by atomic mass is 10.1. The van der Waals surface area contributed by atoms with Crippen molar-refractivity contribution in [3.8, 4) is 11.8 Å². The number of nitrogens with zero attached hydrogens (tertiary/aromatic N) is 1. The summed E-state index contributed by atoms with van der Waals surface area (Å²) in [6, 6.07) is 8.95. The highest BCUT2D eigenvalue weighted by Gasteiger charge is 2.16. The van der Waals surface area contributed by atoms with Gasteiger partial charge in [-0.15, -0.1) is 0 Å². The maximum atomic E-state index is 11.3. The molecule has 0 aliphatic heterocycles. The Labute approximate surface area is 113 Å². The molecule has 1 rings (SSSR count). The first kappa shape index (κ1) is 15.0. The van der Waals surface area contributed by atoms with Crippen LogP contribution in [0.15, 0.2) is 24.3 Å². The van der Waals surface area contributed by atoms with Crippen molar-refractivity contribution in [1.29, 1.82) is 5.26 Å². The zero-order valence-electron chi connectivity index (χ0n) is 11.3. The van der Waals surface area contributed by atoms with Gasteiger partial charge in [-0.25, -0.2) is 0 Å². The number of carbonyl (C=O) groups is 1. The van der Waals surface area contributed by atoms with Gasteiger partial charge in [0.25, 0.3) is 0 Å². The van der Waals surface area contributed by atoms with E-state index >= 15 is 0 Å². The molecule has 0 aromatic heterocycles. The number of nitriles is 1. The molecule has 1 aromatic carbocycles. The molecular formula is C14H18N2O3. The zero-order chi connectivity index (χ0) is 14.3. The summed E-state index contributed by atoms with van der Waals surface area (Å²) < 4.78 is 9.83. The molecule has 102 valence electrons. The van der Waals surface area contributed by atoms with Crippen LogP contribution in [0.1, 0.15) is 25.5 Å². The molecule has 19 heavy (non-hydrogen) atoms. The molecule has 0 radical (unpaired) electrons. The van der Waals surface area contributed by atoms with Crippen LogP contribution in [0.25, 0.3) is 0 Å². The first-order valence-electron chi connectivity index (χ1n) is 6.02. The predicted octanol–water partition coefficient (Wildman–Crippen LogP) is 1.80. The number of esters is 1. The smallest absolute Gasteiger partial charge is 0.322 e. The van der Waals surface area contributed by atoms with E-state index in [4.69, 9.17) is 10.00 Å². The molecule has 0 heterocycles. The summed E-state index contributed by atoms with van der Waals surface area (Å²) in [6.45, 7) is 3.75. The maximum absolute atomic E-state index is 11.3. The second-order valence-electron chi connectivity index (χ2n) is 4.15. The summed E-state index contributed by atoms with van der Waals surface area (Å²) in [6.07, 6.45) is 0. The van der Waals surface area contributed by atoms with Crippen molar-refractivity contribution in [3.63, 3.8) is 0 Å². The number of hydrogen-bond acceptors (Lipinski definition) is 5. The third-order valence-electron chi connectivity index (χ3n) is 2.74.